The van der Waals surface area contributed by atoms with Gasteiger partial charge in [0.15, 0.2) is 5.13 Å². The number of carbonyl (C=O) groups is 1. The van der Waals surface area contributed by atoms with E-state index in [0.29, 0.717) is 5.13 Å². The van der Waals surface area contributed by atoms with Crippen LogP contribution in [-0.4, -0.2) is 18.0 Å². The molecule has 1 heterocycles. The number of hydrogen-bond acceptors (Lipinski definition) is 4. The number of rotatable bonds is 5. The molecule has 2 aromatic carbocycles. The molecule has 0 fully saturated rings. The van der Waals surface area contributed by atoms with Gasteiger partial charge >= 0.3 is 0 Å². The van der Waals surface area contributed by atoms with Crippen molar-refractivity contribution in [2.24, 2.45) is 0 Å². The van der Waals surface area contributed by atoms with E-state index in [1.807, 2.05) is 75.4 Å². The van der Waals surface area contributed by atoms with Crippen LogP contribution >= 0.6 is 11.3 Å². The van der Waals surface area contributed by atoms with Gasteiger partial charge in [0.2, 0.25) is 5.91 Å². The fourth-order valence-electron chi connectivity index (χ4n) is 2.71. The molecule has 0 aliphatic rings. The van der Waals surface area contributed by atoms with Crippen LogP contribution in [0.4, 0.5) is 5.13 Å². The Balaban J connectivity index is 1.81. The van der Waals surface area contributed by atoms with Crippen molar-refractivity contribution in [3.05, 3.63) is 65.0 Å². The lowest BCUT2D eigenvalue weighted by Crippen LogP contribution is -2.34. The first-order valence-corrected chi connectivity index (χ1v) is 9.22. The van der Waals surface area contributed by atoms with Gasteiger partial charge in [-0.2, -0.15) is 0 Å². The summed E-state index contributed by atoms with van der Waals surface area (Å²) in [5, 5.41) is 3.59. The Bertz CT molecular complexity index is 900. The van der Waals surface area contributed by atoms with Crippen LogP contribution < -0.4 is 10.1 Å². The molecular weight excluding hydrogens is 344 g/mol. The highest BCUT2D eigenvalue weighted by molar-refractivity contribution is 7.16. The van der Waals surface area contributed by atoms with E-state index in [-0.39, 0.29) is 5.91 Å². The second-order valence-corrected chi connectivity index (χ2v) is 7.80. The number of carbonyl (C=O) groups excluding carboxylic acids is 1. The summed E-state index contributed by atoms with van der Waals surface area (Å²) in [7, 11) is 1.64. The van der Waals surface area contributed by atoms with Crippen molar-refractivity contribution in [1.29, 1.82) is 0 Å². The van der Waals surface area contributed by atoms with Gasteiger partial charge in [-0.15, -0.1) is 11.3 Å². The Kier molecular flexibility index (Phi) is 5.09. The quantitative estimate of drug-likeness (QED) is 0.688. The summed E-state index contributed by atoms with van der Waals surface area (Å²) in [6.07, 6.45) is 0. The van der Waals surface area contributed by atoms with Crippen molar-refractivity contribution in [2.45, 2.75) is 26.2 Å². The van der Waals surface area contributed by atoms with E-state index in [1.54, 1.807) is 7.11 Å². The van der Waals surface area contributed by atoms with Crippen molar-refractivity contribution >= 4 is 22.4 Å². The van der Waals surface area contributed by atoms with E-state index in [0.717, 1.165) is 27.4 Å². The summed E-state index contributed by atoms with van der Waals surface area (Å²) in [5.74, 6) is 0.735. The van der Waals surface area contributed by atoms with Gasteiger partial charge in [-0.05, 0) is 50.6 Å². The lowest BCUT2D eigenvalue weighted by Gasteiger charge is -2.23. The lowest BCUT2D eigenvalue weighted by molar-refractivity contribution is -0.120. The average molecular weight is 366 g/mol. The van der Waals surface area contributed by atoms with Gasteiger partial charge in [0, 0.05) is 10.4 Å². The van der Waals surface area contributed by atoms with Crippen LogP contribution in [0.5, 0.6) is 5.75 Å². The average Bonchev–Trinajstić information content (AvgIpc) is 3.02. The number of aromatic nitrogens is 1. The Morgan fingerprint density at radius 2 is 1.73 bits per heavy atom. The highest BCUT2D eigenvalue weighted by Gasteiger charge is 2.30. The van der Waals surface area contributed by atoms with Gasteiger partial charge in [0.1, 0.15) is 5.75 Å². The molecule has 0 atom stereocenters. The zero-order valence-electron chi connectivity index (χ0n) is 15.4. The Morgan fingerprint density at radius 1 is 1.08 bits per heavy atom. The number of thiazole rings is 1. The van der Waals surface area contributed by atoms with Crippen molar-refractivity contribution in [3.8, 4) is 17.0 Å². The number of hydrogen-bond donors (Lipinski definition) is 1. The standard InChI is InChI=1S/C21H22N2O2S/c1-14-18(15-10-12-17(25-4)13-11-15)22-20(26-14)23-19(24)21(2,3)16-8-6-5-7-9-16/h5-13H,1-4H3,(H,22,23,24). The minimum absolute atomic E-state index is 0.0706. The zero-order valence-corrected chi connectivity index (χ0v) is 16.2. The summed E-state index contributed by atoms with van der Waals surface area (Å²) < 4.78 is 5.20. The lowest BCUT2D eigenvalue weighted by atomic mass is 9.84. The third-order valence-corrected chi connectivity index (χ3v) is 5.33. The SMILES string of the molecule is COc1ccc(-c2nc(NC(=O)C(C)(C)c3ccccc3)sc2C)cc1. The maximum absolute atomic E-state index is 12.8. The maximum atomic E-state index is 12.8. The van der Waals surface area contributed by atoms with Gasteiger partial charge in [0.05, 0.1) is 18.2 Å². The predicted molar refractivity (Wildman–Crippen MR) is 107 cm³/mol. The summed E-state index contributed by atoms with van der Waals surface area (Å²) in [4.78, 5) is 18.5. The number of ether oxygens (including phenoxy) is 1. The van der Waals surface area contributed by atoms with Crippen molar-refractivity contribution in [2.75, 3.05) is 12.4 Å². The van der Waals surface area contributed by atoms with Crippen LogP contribution in [0.25, 0.3) is 11.3 Å². The molecule has 0 saturated heterocycles. The molecule has 0 unspecified atom stereocenters. The molecule has 5 heteroatoms. The summed E-state index contributed by atoms with van der Waals surface area (Å²) in [6.45, 7) is 5.85. The number of aryl methyl sites for hydroxylation is 1. The van der Waals surface area contributed by atoms with Crippen LogP contribution in [0, 0.1) is 6.92 Å². The number of amides is 1. The number of nitrogens with zero attached hydrogens (tertiary/aromatic N) is 1. The molecule has 134 valence electrons. The van der Waals surface area contributed by atoms with E-state index in [9.17, 15) is 4.79 Å². The van der Waals surface area contributed by atoms with Crippen LogP contribution in [0.1, 0.15) is 24.3 Å². The Hall–Kier alpha value is -2.66. The number of anilines is 1. The van der Waals surface area contributed by atoms with Gasteiger partial charge in [0.25, 0.3) is 0 Å². The van der Waals surface area contributed by atoms with Crippen LogP contribution in [0.3, 0.4) is 0 Å². The van der Waals surface area contributed by atoms with Crippen LogP contribution in [-0.2, 0) is 10.2 Å². The van der Waals surface area contributed by atoms with E-state index in [2.05, 4.69) is 10.3 Å². The van der Waals surface area contributed by atoms with Gasteiger partial charge in [-0.1, -0.05) is 30.3 Å². The molecule has 0 spiro atoms. The second kappa shape index (κ2) is 7.30. The van der Waals surface area contributed by atoms with Crippen molar-refractivity contribution in [1.82, 2.24) is 4.98 Å². The molecule has 26 heavy (non-hydrogen) atoms. The number of benzene rings is 2. The van der Waals surface area contributed by atoms with Crippen molar-refractivity contribution in [3.63, 3.8) is 0 Å². The fraction of sp³-hybridized carbons (Fsp3) is 0.238. The summed E-state index contributed by atoms with van der Waals surface area (Å²) in [6, 6.07) is 17.5. The first-order valence-electron chi connectivity index (χ1n) is 8.40. The van der Waals surface area contributed by atoms with E-state index in [4.69, 9.17) is 4.74 Å². The molecule has 0 bridgehead atoms. The summed E-state index contributed by atoms with van der Waals surface area (Å²) >= 11 is 1.48. The molecule has 0 aliphatic heterocycles. The van der Waals surface area contributed by atoms with Crippen molar-refractivity contribution < 1.29 is 9.53 Å². The monoisotopic (exact) mass is 366 g/mol. The topological polar surface area (TPSA) is 51.2 Å². The molecule has 3 aromatic rings. The minimum atomic E-state index is -0.638. The van der Waals surface area contributed by atoms with Crippen LogP contribution in [0.2, 0.25) is 0 Å². The molecule has 1 N–H and O–H groups in total. The van der Waals surface area contributed by atoms with E-state index < -0.39 is 5.41 Å². The molecule has 4 nitrogen and oxygen atoms in total. The van der Waals surface area contributed by atoms with Gasteiger partial charge < -0.3 is 10.1 Å². The minimum Gasteiger partial charge on any atom is -0.497 e. The highest BCUT2D eigenvalue weighted by atomic mass is 32.1. The second-order valence-electron chi connectivity index (χ2n) is 6.60. The predicted octanol–water partition coefficient (Wildman–Crippen LogP) is 5.04. The Labute approximate surface area is 157 Å². The smallest absolute Gasteiger partial charge is 0.236 e. The van der Waals surface area contributed by atoms with E-state index >= 15 is 0 Å². The molecule has 0 saturated carbocycles. The largest absolute Gasteiger partial charge is 0.497 e. The molecular formula is C21H22N2O2S. The molecule has 1 amide bonds. The first kappa shape index (κ1) is 18.1. The number of nitrogens with one attached hydrogen (secondary N) is 1. The fourth-order valence-corrected chi connectivity index (χ4v) is 3.54. The van der Waals surface area contributed by atoms with Gasteiger partial charge in [-0.25, -0.2) is 4.98 Å². The highest BCUT2D eigenvalue weighted by Crippen LogP contribution is 2.32. The normalized spacial score (nSPS) is 11.2. The zero-order chi connectivity index (χ0) is 18.7. The maximum Gasteiger partial charge on any atom is 0.236 e. The molecule has 1 aromatic heterocycles. The molecule has 3 rings (SSSR count). The van der Waals surface area contributed by atoms with E-state index in [1.165, 1.54) is 11.3 Å². The molecule has 0 aliphatic carbocycles. The van der Waals surface area contributed by atoms with Crippen LogP contribution in [0.15, 0.2) is 54.6 Å². The Morgan fingerprint density at radius 3 is 2.35 bits per heavy atom. The third kappa shape index (κ3) is 3.63. The molecule has 0 radical (unpaired) electrons. The van der Waals surface area contributed by atoms with Gasteiger partial charge in [-0.3, -0.25) is 4.79 Å². The number of methoxy groups -OCH3 is 1. The summed E-state index contributed by atoms with van der Waals surface area (Å²) in [5.41, 5.74) is 2.22. The first-order chi connectivity index (χ1) is 12.4. The third-order valence-electron chi connectivity index (χ3n) is 4.44.